The monoisotopic (exact) mass is 1100 g/mol. The van der Waals surface area contributed by atoms with Crippen LogP contribution >= 0.6 is 0 Å². The summed E-state index contributed by atoms with van der Waals surface area (Å²) in [6, 6.07) is 10.1. The van der Waals surface area contributed by atoms with Crippen LogP contribution in [-0.2, 0) is 49.4 Å². The number of carbonyl (C=O) groups excluding carboxylic acids is 3. The summed E-state index contributed by atoms with van der Waals surface area (Å²) in [5.41, 5.74) is 0.997. The van der Waals surface area contributed by atoms with Crippen LogP contribution in [0.5, 0.6) is 0 Å². The van der Waals surface area contributed by atoms with Crippen molar-refractivity contribution in [2.75, 3.05) is 66.3 Å². The van der Waals surface area contributed by atoms with Crippen molar-refractivity contribution in [3.63, 3.8) is 0 Å². The molecule has 1 fully saturated rings. The first kappa shape index (κ1) is 71.3. The molecule has 454 valence electrons. The van der Waals surface area contributed by atoms with Crippen molar-refractivity contribution in [2.45, 2.75) is 297 Å². The van der Waals surface area contributed by atoms with E-state index < -0.39 is 0 Å². The second kappa shape index (κ2) is 52.3. The summed E-state index contributed by atoms with van der Waals surface area (Å²) in [6.07, 6.45) is 38.4. The standard InChI is InChI=1S/C66H120N2O10/c1-6-10-14-22-35-53-74-64(75-54-36-23-15-11-7-2)45-43-62(69)72-51-33-26-18-20-31-41-61(68(57-59-47-49-67(5)50-48-59)66(71)78-58-60-39-29-28-30-40-60)42-32-21-19-27-34-52-73-63(70)44-46-65(76-55-37-24-16-12-8-3)77-56-38-25-17-13-9-4/h28-30,39-40,59,61,64-65H,6-27,31-38,41-58H2,1-5H3. The van der Waals surface area contributed by atoms with Crippen molar-refractivity contribution in [1.82, 2.24) is 9.80 Å². The van der Waals surface area contributed by atoms with E-state index in [0.29, 0.717) is 71.2 Å². The maximum atomic E-state index is 14.1. The van der Waals surface area contributed by atoms with Gasteiger partial charge >= 0.3 is 18.0 Å². The molecular formula is C66H120N2O10. The molecule has 1 aromatic carbocycles. The summed E-state index contributed by atoms with van der Waals surface area (Å²) in [4.78, 5) is 44.2. The maximum absolute atomic E-state index is 14.1. The van der Waals surface area contributed by atoms with Gasteiger partial charge in [-0.2, -0.15) is 0 Å². The van der Waals surface area contributed by atoms with Crippen molar-refractivity contribution in [1.29, 1.82) is 0 Å². The van der Waals surface area contributed by atoms with Gasteiger partial charge in [0.05, 0.1) is 26.1 Å². The Morgan fingerprint density at radius 1 is 0.462 bits per heavy atom. The van der Waals surface area contributed by atoms with E-state index in [2.05, 4.69) is 44.5 Å². The van der Waals surface area contributed by atoms with Gasteiger partial charge in [-0.25, -0.2) is 4.79 Å². The number of ether oxygens (including phenoxy) is 7. The number of piperidine rings is 1. The van der Waals surface area contributed by atoms with E-state index in [0.717, 1.165) is 141 Å². The Bertz CT molecular complexity index is 1400. The van der Waals surface area contributed by atoms with Crippen LogP contribution in [0.3, 0.4) is 0 Å². The van der Waals surface area contributed by atoms with Crippen molar-refractivity contribution in [3.8, 4) is 0 Å². The van der Waals surface area contributed by atoms with E-state index in [1.165, 1.54) is 103 Å². The zero-order valence-electron chi connectivity index (χ0n) is 51.1. The van der Waals surface area contributed by atoms with Gasteiger partial charge in [-0.1, -0.05) is 212 Å². The quantitative estimate of drug-likeness (QED) is 0.0268. The minimum atomic E-state index is -0.353. The van der Waals surface area contributed by atoms with Crippen LogP contribution in [0.15, 0.2) is 30.3 Å². The van der Waals surface area contributed by atoms with E-state index in [4.69, 9.17) is 33.2 Å². The van der Waals surface area contributed by atoms with Crippen molar-refractivity contribution in [2.24, 2.45) is 5.92 Å². The van der Waals surface area contributed by atoms with Gasteiger partial charge < -0.3 is 43.0 Å². The van der Waals surface area contributed by atoms with Gasteiger partial charge in [-0.3, -0.25) is 9.59 Å². The van der Waals surface area contributed by atoms with Gasteiger partial charge in [-0.15, -0.1) is 0 Å². The summed E-state index contributed by atoms with van der Waals surface area (Å²) in [7, 11) is 2.19. The van der Waals surface area contributed by atoms with Gasteiger partial charge in [0.25, 0.3) is 0 Å². The molecule has 1 saturated heterocycles. The van der Waals surface area contributed by atoms with E-state index in [1.54, 1.807) is 0 Å². The molecule has 1 aliphatic heterocycles. The van der Waals surface area contributed by atoms with Gasteiger partial charge in [0, 0.05) is 51.9 Å². The van der Waals surface area contributed by atoms with Crippen LogP contribution in [0.2, 0.25) is 0 Å². The van der Waals surface area contributed by atoms with Crippen LogP contribution < -0.4 is 0 Å². The SMILES string of the molecule is CCCCCCCOC(CCC(=O)OCCCCCCCC(CCCCCCCOC(=O)CCC(OCCCCCCC)OCCCCCCC)N(CC1CCN(C)CC1)C(=O)OCc1ccccc1)OCCCCCCC. The Balaban J connectivity index is 1.86. The molecule has 78 heavy (non-hydrogen) atoms. The first-order chi connectivity index (χ1) is 38.3. The van der Waals surface area contributed by atoms with Crippen LogP contribution in [0, 0.1) is 5.92 Å². The zero-order chi connectivity index (χ0) is 56.2. The summed E-state index contributed by atoms with van der Waals surface area (Å²) in [6.45, 7) is 15.6. The lowest BCUT2D eigenvalue weighted by Crippen LogP contribution is -2.45. The van der Waals surface area contributed by atoms with E-state index in [-0.39, 0.29) is 43.3 Å². The number of amides is 1. The molecule has 1 amide bonds. The highest BCUT2D eigenvalue weighted by molar-refractivity contribution is 5.69. The number of carbonyl (C=O) groups is 3. The number of hydrogen-bond donors (Lipinski definition) is 0. The topological polar surface area (TPSA) is 122 Å². The summed E-state index contributed by atoms with van der Waals surface area (Å²) in [5.74, 6) is 0.106. The fourth-order valence-electron chi connectivity index (χ4n) is 10.3. The molecule has 0 unspecified atom stereocenters. The maximum Gasteiger partial charge on any atom is 0.410 e. The number of benzene rings is 1. The van der Waals surface area contributed by atoms with E-state index in [1.807, 2.05) is 30.3 Å². The molecule has 1 aliphatic rings. The van der Waals surface area contributed by atoms with Crippen LogP contribution in [0.1, 0.15) is 277 Å². The number of unbranched alkanes of at least 4 members (excludes halogenated alkanes) is 24. The fourth-order valence-corrected chi connectivity index (χ4v) is 10.3. The number of rotatable bonds is 55. The van der Waals surface area contributed by atoms with E-state index in [9.17, 15) is 14.4 Å². The number of likely N-dealkylation sites (tertiary alicyclic amines) is 1. The van der Waals surface area contributed by atoms with Gasteiger partial charge in [0.15, 0.2) is 12.6 Å². The largest absolute Gasteiger partial charge is 0.466 e. The molecule has 1 aromatic rings. The molecule has 0 aliphatic carbocycles. The number of nitrogens with zero attached hydrogens (tertiary/aromatic N) is 2. The molecule has 0 radical (unpaired) electrons. The Labute approximate surface area is 478 Å². The number of hydrogen-bond acceptors (Lipinski definition) is 11. The average molecular weight is 1100 g/mol. The third-order valence-corrected chi connectivity index (χ3v) is 15.4. The number of esters is 2. The third kappa shape index (κ3) is 41.3. The Morgan fingerprint density at radius 3 is 1.22 bits per heavy atom. The highest BCUT2D eigenvalue weighted by atomic mass is 16.7. The predicted octanol–water partition coefficient (Wildman–Crippen LogP) is 17.3. The predicted molar refractivity (Wildman–Crippen MR) is 320 cm³/mol. The molecule has 12 heteroatoms. The highest BCUT2D eigenvalue weighted by Crippen LogP contribution is 2.25. The molecule has 12 nitrogen and oxygen atoms in total. The Hall–Kier alpha value is -2.77. The lowest BCUT2D eigenvalue weighted by atomic mass is 9.94. The zero-order valence-corrected chi connectivity index (χ0v) is 51.1. The molecule has 0 aromatic heterocycles. The Kier molecular flexibility index (Phi) is 47.8. The molecule has 0 saturated carbocycles. The summed E-state index contributed by atoms with van der Waals surface area (Å²) < 4.78 is 41.9. The molecular weight excluding hydrogens is 981 g/mol. The first-order valence-electron chi connectivity index (χ1n) is 32.7. The Morgan fingerprint density at radius 2 is 0.821 bits per heavy atom. The molecule has 1 heterocycles. The van der Waals surface area contributed by atoms with Crippen molar-refractivity contribution < 1.29 is 47.5 Å². The average Bonchev–Trinajstić information content (AvgIpc) is 3.45. The molecule has 0 bridgehead atoms. The van der Waals surface area contributed by atoms with Gasteiger partial charge in [-0.05, 0) is 95.8 Å². The smallest absolute Gasteiger partial charge is 0.410 e. The lowest BCUT2D eigenvalue weighted by molar-refractivity contribution is -0.159. The fraction of sp³-hybridized carbons (Fsp3) is 0.864. The second-order valence-corrected chi connectivity index (χ2v) is 22.7. The minimum absolute atomic E-state index is 0.104. The van der Waals surface area contributed by atoms with Crippen molar-refractivity contribution >= 4 is 18.0 Å². The van der Waals surface area contributed by atoms with Gasteiger partial charge in [0.2, 0.25) is 0 Å². The molecule has 0 atom stereocenters. The second-order valence-electron chi connectivity index (χ2n) is 22.7. The van der Waals surface area contributed by atoms with Crippen LogP contribution in [0.4, 0.5) is 4.79 Å². The lowest BCUT2D eigenvalue weighted by Gasteiger charge is -2.37. The van der Waals surface area contributed by atoms with Gasteiger partial charge in [0.1, 0.15) is 6.61 Å². The van der Waals surface area contributed by atoms with Crippen LogP contribution in [-0.4, -0.2) is 113 Å². The van der Waals surface area contributed by atoms with Crippen molar-refractivity contribution in [3.05, 3.63) is 35.9 Å². The highest BCUT2D eigenvalue weighted by Gasteiger charge is 2.29. The third-order valence-electron chi connectivity index (χ3n) is 15.4. The first-order valence-corrected chi connectivity index (χ1v) is 32.7. The normalized spacial score (nSPS) is 13.3. The summed E-state index contributed by atoms with van der Waals surface area (Å²) in [5, 5.41) is 0. The molecule has 0 spiro atoms. The minimum Gasteiger partial charge on any atom is -0.466 e. The van der Waals surface area contributed by atoms with E-state index >= 15 is 0 Å². The molecule has 0 N–H and O–H groups in total. The van der Waals surface area contributed by atoms with Crippen LogP contribution in [0.25, 0.3) is 0 Å². The molecule has 2 rings (SSSR count). The summed E-state index contributed by atoms with van der Waals surface area (Å²) >= 11 is 0.